The van der Waals surface area contributed by atoms with E-state index in [1.165, 1.54) is 5.56 Å². The molecule has 0 radical (unpaired) electrons. The monoisotopic (exact) mass is 293 g/mol. The van der Waals surface area contributed by atoms with Gasteiger partial charge in [-0.05, 0) is 36.0 Å². The van der Waals surface area contributed by atoms with Crippen molar-refractivity contribution >= 4 is 5.91 Å². The van der Waals surface area contributed by atoms with Crippen LogP contribution in [0.3, 0.4) is 0 Å². The Bertz CT molecular complexity index is 434. The van der Waals surface area contributed by atoms with Crippen molar-refractivity contribution in [3.8, 4) is 5.75 Å². The van der Waals surface area contributed by atoms with E-state index in [4.69, 9.17) is 9.84 Å². The Labute approximate surface area is 127 Å². The van der Waals surface area contributed by atoms with Crippen LogP contribution in [0.2, 0.25) is 0 Å². The predicted octanol–water partition coefficient (Wildman–Crippen LogP) is 2.54. The highest BCUT2D eigenvalue weighted by Crippen LogP contribution is 2.21. The molecule has 1 unspecified atom stereocenters. The third-order valence-electron chi connectivity index (χ3n) is 3.50. The minimum absolute atomic E-state index is 0.0104. The summed E-state index contributed by atoms with van der Waals surface area (Å²) in [7, 11) is 0. The minimum Gasteiger partial charge on any atom is -0.484 e. The fraction of sp³-hybridized carbons (Fsp3) is 0.588. The summed E-state index contributed by atoms with van der Waals surface area (Å²) in [5.74, 6) is 0.528. The van der Waals surface area contributed by atoms with Crippen molar-refractivity contribution in [2.45, 2.75) is 46.6 Å². The molecule has 0 aliphatic heterocycles. The van der Waals surface area contributed by atoms with Crippen LogP contribution in [0.25, 0.3) is 0 Å². The Morgan fingerprint density at radius 1 is 1.29 bits per heavy atom. The van der Waals surface area contributed by atoms with E-state index in [-0.39, 0.29) is 30.6 Å². The summed E-state index contributed by atoms with van der Waals surface area (Å²) in [5, 5.41) is 12.0. The number of amides is 1. The lowest BCUT2D eigenvalue weighted by Gasteiger charge is -2.31. The molecule has 1 amide bonds. The first-order chi connectivity index (χ1) is 9.86. The van der Waals surface area contributed by atoms with E-state index < -0.39 is 0 Å². The molecular formula is C17H27NO3. The van der Waals surface area contributed by atoms with Gasteiger partial charge in [-0.1, -0.05) is 39.8 Å². The summed E-state index contributed by atoms with van der Waals surface area (Å²) >= 11 is 0. The highest BCUT2D eigenvalue weighted by atomic mass is 16.5. The van der Waals surface area contributed by atoms with Crippen LogP contribution >= 0.6 is 0 Å². The summed E-state index contributed by atoms with van der Waals surface area (Å²) < 4.78 is 5.48. The molecule has 0 bridgehead atoms. The molecule has 4 nitrogen and oxygen atoms in total. The van der Waals surface area contributed by atoms with Gasteiger partial charge in [0.2, 0.25) is 0 Å². The molecular weight excluding hydrogens is 266 g/mol. The number of carbonyl (C=O) groups is 1. The number of carbonyl (C=O) groups excluding carboxylic acids is 1. The molecule has 1 aromatic carbocycles. The average molecular weight is 293 g/mol. The van der Waals surface area contributed by atoms with Crippen molar-refractivity contribution in [3.05, 3.63) is 29.8 Å². The molecule has 0 saturated heterocycles. The molecule has 4 heteroatoms. The summed E-state index contributed by atoms with van der Waals surface area (Å²) in [6.45, 7) is 8.26. The first-order valence-electron chi connectivity index (χ1n) is 7.48. The standard InChI is InChI=1S/C17H27NO3/c1-5-13-6-8-14(9-7-13)21-12-16(20)18-15(10-11-19)17(2,3)4/h6-9,15,19H,5,10-12H2,1-4H3,(H,18,20). The number of aryl methyl sites for hydroxylation is 1. The van der Waals surface area contributed by atoms with Gasteiger partial charge in [0.25, 0.3) is 5.91 Å². The molecule has 1 atom stereocenters. The van der Waals surface area contributed by atoms with E-state index in [1.807, 2.05) is 45.0 Å². The Hall–Kier alpha value is -1.55. The average Bonchev–Trinajstić information content (AvgIpc) is 2.44. The minimum atomic E-state index is -0.164. The molecule has 1 aromatic rings. The second kappa shape index (κ2) is 8.03. The van der Waals surface area contributed by atoms with Gasteiger partial charge in [-0.3, -0.25) is 4.79 Å². The zero-order chi connectivity index (χ0) is 15.9. The highest BCUT2D eigenvalue weighted by Gasteiger charge is 2.25. The molecule has 0 saturated carbocycles. The van der Waals surface area contributed by atoms with E-state index >= 15 is 0 Å². The maximum absolute atomic E-state index is 12.0. The molecule has 0 fully saturated rings. The maximum atomic E-state index is 12.0. The molecule has 0 aliphatic rings. The van der Waals surface area contributed by atoms with Crippen molar-refractivity contribution in [3.63, 3.8) is 0 Å². The lowest BCUT2D eigenvalue weighted by Crippen LogP contribution is -2.46. The second-order valence-electron chi connectivity index (χ2n) is 6.28. The molecule has 0 heterocycles. The van der Waals surface area contributed by atoms with Crippen molar-refractivity contribution in [2.24, 2.45) is 5.41 Å². The normalized spacial score (nSPS) is 12.8. The highest BCUT2D eigenvalue weighted by molar-refractivity contribution is 5.77. The van der Waals surface area contributed by atoms with Gasteiger partial charge < -0.3 is 15.2 Å². The van der Waals surface area contributed by atoms with Crippen LogP contribution in [-0.4, -0.2) is 30.3 Å². The molecule has 118 valence electrons. The number of aliphatic hydroxyl groups excluding tert-OH is 1. The molecule has 0 aromatic heterocycles. The largest absolute Gasteiger partial charge is 0.484 e. The second-order valence-corrected chi connectivity index (χ2v) is 6.28. The lowest BCUT2D eigenvalue weighted by atomic mass is 9.85. The number of benzene rings is 1. The number of hydrogen-bond acceptors (Lipinski definition) is 3. The van der Waals surface area contributed by atoms with Gasteiger partial charge in [0.1, 0.15) is 5.75 Å². The van der Waals surface area contributed by atoms with Crippen LogP contribution in [0.1, 0.15) is 39.7 Å². The fourth-order valence-electron chi connectivity index (χ4n) is 2.06. The van der Waals surface area contributed by atoms with Crippen LogP contribution in [0, 0.1) is 5.41 Å². The first kappa shape index (κ1) is 17.5. The van der Waals surface area contributed by atoms with E-state index in [0.29, 0.717) is 12.2 Å². The third-order valence-corrected chi connectivity index (χ3v) is 3.50. The quantitative estimate of drug-likeness (QED) is 0.812. The van der Waals surface area contributed by atoms with Crippen LogP contribution in [0.15, 0.2) is 24.3 Å². The summed E-state index contributed by atoms with van der Waals surface area (Å²) in [6, 6.07) is 7.68. The maximum Gasteiger partial charge on any atom is 0.258 e. The molecule has 21 heavy (non-hydrogen) atoms. The number of rotatable bonds is 7. The third kappa shape index (κ3) is 6.17. The SMILES string of the molecule is CCc1ccc(OCC(=O)NC(CCO)C(C)(C)C)cc1. The van der Waals surface area contributed by atoms with Crippen molar-refractivity contribution < 1.29 is 14.6 Å². The van der Waals surface area contributed by atoms with Gasteiger partial charge >= 0.3 is 0 Å². The topological polar surface area (TPSA) is 58.6 Å². The molecule has 2 N–H and O–H groups in total. The number of hydrogen-bond donors (Lipinski definition) is 2. The zero-order valence-corrected chi connectivity index (χ0v) is 13.5. The van der Waals surface area contributed by atoms with Crippen molar-refractivity contribution in [1.29, 1.82) is 0 Å². The van der Waals surface area contributed by atoms with Gasteiger partial charge in [-0.15, -0.1) is 0 Å². The Kier molecular flexibility index (Phi) is 6.69. The summed E-state index contributed by atoms with van der Waals surface area (Å²) in [5.41, 5.74) is 1.14. The van der Waals surface area contributed by atoms with Crippen molar-refractivity contribution in [2.75, 3.05) is 13.2 Å². The predicted molar refractivity (Wildman–Crippen MR) is 84.4 cm³/mol. The van der Waals surface area contributed by atoms with E-state index in [1.54, 1.807) is 0 Å². The Morgan fingerprint density at radius 2 is 1.90 bits per heavy atom. The van der Waals surface area contributed by atoms with Crippen molar-refractivity contribution in [1.82, 2.24) is 5.32 Å². The number of ether oxygens (including phenoxy) is 1. The van der Waals surface area contributed by atoms with E-state index in [9.17, 15) is 4.79 Å². The fourth-order valence-corrected chi connectivity index (χ4v) is 2.06. The first-order valence-corrected chi connectivity index (χ1v) is 7.48. The Morgan fingerprint density at radius 3 is 2.38 bits per heavy atom. The summed E-state index contributed by atoms with van der Waals surface area (Å²) in [6.07, 6.45) is 1.52. The van der Waals surface area contributed by atoms with E-state index in [0.717, 1.165) is 6.42 Å². The molecule has 0 spiro atoms. The van der Waals surface area contributed by atoms with Crippen LogP contribution in [0.5, 0.6) is 5.75 Å². The van der Waals surface area contributed by atoms with Gasteiger partial charge in [0.05, 0.1) is 0 Å². The summed E-state index contributed by atoms with van der Waals surface area (Å²) in [4.78, 5) is 12.0. The van der Waals surface area contributed by atoms with E-state index in [2.05, 4.69) is 12.2 Å². The molecule has 1 rings (SSSR count). The molecule has 0 aliphatic carbocycles. The van der Waals surface area contributed by atoms with Crippen LogP contribution in [0.4, 0.5) is 0 Å². The van der Waals surface area contributed by atoms with Crippen LogP contribution < -0.4 is 10.1 Å². The Balaban J connectivity index is 2.48. The number of aliphatic hydroxyl groups is 1. The smallest absolute Gasteiger partial charge is 0.258 e. The van der Waals surface area contributed by atoms with Crippen LogP contribution in [-0.2, 0) is 11.2 Å². The van der Waals surface area contributed by atoms with Gasteiger partial charge in [-0.2, -0.15) is 0 Å². The zero-order valence-electron chi connectivity index (χ0n) is 13.5. The van der Waals surface area contributed by atoms with Gasteiger partial charge in [0, 0.05) is 12.6 Å². The number of nitrogens with one attached hydrogen (secondary N) is 1. The van der Waals surface area contributed by atoms with Gasteiger partial charge in [0.15, 0.2) is 6.61 Å². The lowest BCUT2D eigenvalue weighted by molar-refractivity contribution is -0.124. The van der Waals surface area contributed by atoms with Gasteiger partial charge in [-0.25, -0.2) is 0 Å².